The van der Waals surface area contributed by atoms with E-state index in [2.05, 4.69) is 16.0 Å². The Morgan fingerprint density at radius 2 is 1.58 bits per heavy atom. The number of fused-ring (bicyclic) bond motifs is 1. The number of hydrogen-bond donors (Lipinski definition) is 3. The SMILES string of the molecule is CN1C(=O)[C@H](NC(=O)C(C)(C)NC(=O)NC(C)(C)C)CN(c2cc(Cl)cc(Cl)c2)c2ccc(F)cc21. The minimum absolute atomic E-state index is 0.00842. The number of carbonyl (C=O) groups excluding carboxylic acids is 3. The lowest BCUT2D eigenvalue weighted by Gasteiger charge is -2.31. The van der Waals surface area contributed by atoms with Crippen LogP contribution in [0.3, 0.4) is 0 Å². The third-order valence-corrected chi connectivity index (χ3v) is 5.97. The highest BCUT2D eigenvalue weighted by Gasteiger charge is 2.38. The number of rotatable bonds is 4. The fourth-order valence-electron chi connectivity index (χ4n) is 3.80. The van der Waals surface area contributed by atoms with Crippen LogP contribution in [-0.2, 0) is 9.59 Å². The van der Waals surface area contributed by atoms with E-state index in [1.54, 1.807) is 29.2 Å². The minimum atomic E-state index is -1.34. The molecule has 0 aromatic heterocycles. The highest BCUT2D eigenvalue weighted by Crippen LogP contribution is 2.39. The van der Waals surface area contributed by atoms with E-state index in [4.69, 9.17) is 23.2 Å². The number of nitrogens with zero attached hydrogens (tertiary/aromatic N) is 2. The van der Waals surface area contributed by atoms with Gasteiger partial charge < -0.3 is 25.8 Å². The molecule has 1 aliphatic heterocycles. The molecule has 0 spiro atoms. The fraction of sp³-hybridized carbons (Fsp3) is 0.400. The predicted octanol–water partition coefficient (Wildman–Crippen LogP) is 4.61. The van der Waals surface area contributed by atoms with E-state index < -0.39 is 40.8 Å². The van der Waals surface area contributed by atoms with Crippen LogP contribution in [0, 0.1) is 5.82 Å². The molecule has 0 unspecified atom stereocenters. The number of halogens is 3. The molecule has 2 aromatic rings. The number of amides is 4. The van der Waals surface area contributed by atoms with Gasteiger partial charge in [0.05, 0.1) is 17.9 Å². The standard InChI is InChI=1S/C25H30Cl2FN5O3/c1-24(2,3)30-23(36)31-25(4,5)22(35)29-18-13-33(17-10-14(26)9-15(27)11-17)19-8-7-16(28)12-20(19)32(6)21(18)34/h7-12,18H,13H2,1-6H3,(H,29,35)(H2,30,31,36)/t18-/m1/s1. The van der Waals surface area contributed by atoms with Crippen LogP contribution in [0.15, 0.2) is 36.4 Å². The maximum absolute atomic E-state index is 14.2. The molecule has 0 aliphatic carbocycles. The number of urea groups is 1. The van der Waals surface area contributed by atoms with Crippen molar-refractivity contribution in [2.24, 2.45) is 0 Å². The Balaban J connectivity index is 1.95. The maximum Gasteiger partial charge on any atom is 0.316 e. The van der Waals surface area contributed by atoms with Crippen LogP contribution in [0.25, 0.3) is 0 Å². The van der Waals surface area contributed by atoms with E-state index in [0.717, 1.165) is 0 Å². The van der Waals surface area contributed by atoms with Crippen LogP contribution < -0.4 is 25.8 Å². The zero-order chi connectivity index (χ0) is 27.0. The first-order valence-corrected chi connectivity index (χ1v) is 12.0. The lowest BCUT2D eigenvalue weighted by molar-refractivity contribution is -0.130. The van der Waals surface area contributed by atoms with Crippen molar-refractivity contribution in [1.82, 2.24) is 16.0 Å². The second kappa shape index (κ2) is 10.1. The summed E-state index contributed by atoms with van der Waals surface area (Å²) in [5.41, 5.74) is -0.441. The highest BCUT2D eigenvalue weighted by atomic mass is 35.5. The van der Waals surface area contributed by atoms with Gasteiger partial charge in [0, 0.05) is 28.3 Å². The molecule has 0 saturated heterocycles. The Bertz CT molecular complexity index is 1180. The van der Waals surface area contributed by atoms with Crippen molar-refractivity contribution < 1.29 is 18.8 Å². The number of benzene rings is 2. The molecule has 36 heavy (non-hydrogen) atoms. The van der Waals surface area contributed by atoms with Gasteiger partial charge >= 0.3 is 6.03 Å². The lowest BCUT2D eigenvalue weighted by atomic mass is 10.0. The molecule has 4 amide bonds. The first-order chi connectivity index (χ1) is 16.6. The number of anilines is 3. The van der Waals surface area contributed by atoms with Crippen LogP contribution >= 0.6 is 23.2 Å². The van der Waals surface area contributed by atoms with Gasteiger partial charge in [0.2, 0.25) is 5.91 Å². The zero-order valence-corrected chi connectivity index (χ0v) is 22.5. The smallest absolute Gasteiger partial charge is 0.316 e. The van der Waals surface area contributed by atoms with Gasteiger partial charge in [-0.05, 0) is 71.0 Å². The molecule has 194 valence electrons. The zero-order valence-electron chi connectivity index (χ0n) is 21.0. The van der Waals surface area contributed by atoms with Crippen molar-refractivity contribution in [2.75, 3.05) is 23.4 Å². The van der Waals surface area contributed by atoms with Gasteiger partial charge in [-0.3, -0.25) is 9.59 Å². The number of nitrogens with one attached hydrogen (secondary N) is 3. The predicted molar refractivity (Wildman–Crippen MR) is 141 cm³/mol. The molecule has 1 aliphatic rings. The van der Waals surface area contributed by atoms with Crippen molar-refractivity contribution in [2.45, 2.75) is 51.7 Å². The molecule has 3 rings (SSSR count). The Kier molecular flexibility index (Phi) is 7.76. The van der Waals surface area contributed by atoms with Crippen LogP contribution in [-0.4, -0.2) is 48.6 Å². The molecule has 0 bridgehead atoms. The van der Waals surface area contributed by atoms with E-state index in [9.17, 15) is 18.8 Å². The second-order valence-corrected chi connectivity index (χ2v) is 11.1. The summed E-state index contributed by atoms with van der Waals surface area (Å²) in [4.78, 5) is 42.1. The van der Waals surface area contributed by atoms with Crippen LogP contribution in [0.1, 0.15) is 34.6 Å². The van der Waals surface area contributed by atoms with E-state index in [-0.39, 0.29) is 6.54 Å². The molecule has 2 aromatic carbocycles. The van der Waals surface area contributed by atoms with E-state index in [0.29, 0.717) is 27.1 Å². The Morgan fingerprint density at radius 1 is 0.972 bits per heavy atom. The average molecular weight is 538 g/mol. The summed E-state index contributed by atoms with van der Waals surface area (Å²) in [7, 11) is 1.51. The summed E-state index contributed by atoms with van der Waals surface area (Å²) >= 11 is 12.5. The van der Waals surface area contributed by atoms with Crippen LogP contribution in [0.4, 0.5) is 26.2 Å². The minimum Gasteiger partial charge on any atom is -0.341 e. The monoisotopic (exact) mass is 537 g/mol. The Morgan fingerprint density at radius 3 is 2.17 bits per heavy atom. The molecule has 0 radical (unpaired) electrons. The van der Waals surface area contributed by atoms with Crippen molar-refractivity contribution in [3.8, 4) is 0 Å². The largest absolute Gasteiger partial charge is 0.341 e. The molecule has 11 heteroatoms. The van der Waals surface area contributed by atoms with Crippen molar-refractivity contribution >= 4 is 58.1 Å². The quantitative estimate of drug-likeness (QED) is 0.530. The van der Waals surface area contributed by atoms with Gasteiger partial charge in [-0.2, -0.15) is 0 Å². The van der Waals surface area contributed by atoms with E-state index in [1.807, 2.05) is 20.8 Å². The number of likely N-dealkylation sites (N-methyl/N-ethyl adjacent to an activating group) is 1. The molecule has 1 heterocycles. The topological polar surface area (TPSA) is 93.8 Å². The number of hydrogen-bond acceptors (Lipinski definition) is 4. The van der Waals surface area contributed by atoms with E-state index >= 15 is 0 Å². The molecule has 8 nitrogen and oxygen atoms in total. The lowest BCUT2D eigenvalue weighted by Crippen LogP contribution is -2.62. The summed E-state index contributed by atoms with van der Waals surface area (Å²) in [5, 5.41) is 8.89. The number of carbonyl (C=O) groups is 3. The molecule has 0 fully saturated rings. The van der Waals surface area contributed by atoms with Gasteiger partial charge in [-0.1, -0.05) is 23.2 Å². The third-order valence-electron chi connectivity index (χ3n) is 5.53. The molecule has 1 atom stereocenters. The summed E-state index contributed by atoms with van der Waals surface area (Å²) < 4.78 is 14.2. The highest BCUT2D eigenvalue weighted by molar-refractivity contribution is 6.35. The summed E-state index contributed by atoms with van der Waals surface area (Å²) in [6.45, 7) is 8.53. The van der Waals surface area contributed by atoms with Crippen LogP contribution in [0.5, 0.6) is 0 Å². The molecular formula is C25H30Cl2FN5O3. The first kappa shape index (κ1) is 27.5. The van der Waals surface area contributed by atoms with Crippen molar-refractivity contribution in [3.05, 3.63) is 52.3 Å². The molecule has 0 saturated carbocycles. The molecular weight excluding hydrogens is 508 g/mol. The Hall–Kier alpha value is -3.04. The van der Waals surface area contributed by atoms with Crippen LogP contribution in [0.2, 0.25) is 10.0 Å². The van der Waals surface area contributed by atoms with Gasteiger partial charge in [0.1, 0.15) is 17.4 Å². The summed E-state index contributed by atoms with van der Waals surface area (Å²) in [6.07, 6.45) is 0. The summed E-state index contributed by atoms with van der Waals surface area (Å²) in [6, 6.07) is 7.43. The van der Waals surface area contributed by atoms with Gasteiger partial charge in [-0.15, -0.1) is 0 Å². The first-order valence-electron chi connectivity index (χ1n) is 11.3. The maximum atomic E-state index is 14.2. The van der Waals surface area contributed by atoms with Gasteiger partial charge in [0.25, 0.3) is 5.91 Å². The second-order valence-electron chi connectivity index (χ2n) is 10.2. The normalized spacial score (nSPS) is 16.2. The van der Waals surface area contributed by atoms with Gasteiger partial charge in [0.15, 0.2) is 0 Å². The average Bonchev–Trinajstić information content (AvgIpc) is 2.81. The molecule has 3 N–H and O–H groups in total. The van der Waals surface area contributed by atoms with Gasteiger partial charge in [-0.25, -0.2) is 9.18 Å². The van der Waals surface area contributed by atoms with E-state index in [1.165, 1.54) is 37.9 Å². The third kappa shape index (κ3) is 6.39. The fourth-order valence-corrected chi connectivity index (χ4v) is 4.32. The van der Waals surface area contributed by atoms with Crippen molar-refractivity contribution in [3.63, 3.8) is 0 Å². The van der Waals surface area contributed by atoms with Crippen molar-refractivity contribution in [1.29, 1.82) is 0 Å². The Labute approximate surface area is 220 Å². The summed E-state index contributed by atoms with van der Waals surface area (Å²) in [5.74, 6) is -1.55.